The standard InChI is InChI=1S/C19H19N7O4/c1-3-26-17(28)12-5-6-13(30-8-4-7-20)15(29-2)14(12)24-19(26)25-16(27)11-9-22-18(21)23-10-11/h5-6,9-10H,3-4,8H2,1-2H3,(H2,21,22,23)(H,24,25,27). The summed E-state index contributed by atoms with van der Waals surface area (Å²) >= 11 is 0. The molecule has 0 radical (unpaired) electrons. The van der Waals surface area contributed by atoms with Crippen molar-refractivity contribution in [2.45, 2.75) is 19.9 Å². The van der Waals surface area contributed by atoms with Crippen LogP contribution in [0.15, 0.2) is 29.3 Å². The van der Waals surface area contributed by atoms with Crippen molar-refractivity contribution in [3.8, 4) is 17.6 Å². The Morgan fingerprint density at radius 2 is 2.07 bits per heavy atom. The van der Waals surface area contributed by atoms with E-state index in [1.54, 1.807) is 19.1 Å². The normalized spacial score (nSPS) is 10.4. The Morgan fingerprint density at radius 3 is 2.70 bits per heavy atom. The summed E-state index contributed by atoms with van der Waals surface area (Å²) in [7, 11) is 1.42. The number of anilines is 2. The zero-order valence-corrected chi connectivity index (χ0v) is 16.4. The van der Waals surface area contributed by atoms with Gasteiger partial charge in [0, 0.05) is 18.9 Å². The number of methoxy groups -OCH3 is 1. The molecule has 1 aromatic carbocycles. The van der Waals surface area contributed by atoms with Crippen LogP contribution in [0, 0.1) is 11.3 Å². The number of hydrogen-bond donors (Lipinski definition) is 2. The predicted octanol–water partition coefficient (Wildman–Crippen LogP) is 1.34. The predicted molar refractivity (Wildman–Crippen MR) is 108 cm³/mol. The minimum absolute atomic E-state index is 0.0318. The quantitative estimate of drug-likeness (QED) is 0.549. The van der Waals surface area contributed by atoms with Crippen LogP contribution in [0.1, 0.15) is 23.7 Å². The molecule has 0 fully saturated rings. The van der Waals surface area contributed by atoms with E-state index in [4.69, 9.17) is 20.5 Å². The number of carbonyl (C=O) groups is 1. The van der Waals surface area contributed by atoms with E-state index in [0.717, 1.165) is 0 Å². The molecule has 0 spiro atoms. The lowest BCUT2D eigenvalue weighted by Crippen LogP contribution is -2.27. The van der Waals surface area contributed by atoms with Crippen molar-refractivity contribution >= 4 is 28.7 Å². The van der Waals surface area contributed by atoms with Gasteiger partial charge in [-0.05, 0) is 19.1 Å². The van der Waals surface area contributed by atoms with E-state index in [1.165, 1.54) is 24.1 Å². The van der Waals surface area contributed by atoms with Gasteiger partial charge in [0.25, 0.3) is 11.5 Å². The van der Waals surface area contributed by atoms with Gasteiger partial charge in [-0.1, -0.05) is 0 Å². The largest absolute Gasteiger partial charge is 0.491 e. The van der Waals surface area contributed by atoms with Gasteiger partial charge >= 0.3 is 0 Å². The van der Waals surface area contributed by atoms with E-state index in [0.29, 0.717) is 11.1 Å². The number of nitrogen functional groups attached to an aromatic ring is 1. The maximum absolute atomic E-state index is 13.0. The fourth-order valence-corrected chi connectivity index (χ4v) is 2.78. The number of rotatable bonds is 7. The Kier molecular flexibility index (Phi) is 6.07. The van der Waals surface area contributed by atoms with Crippen LogP contribution in [-0.2, 0) is 6.54 Å². The molecule has 3 rings (SSSR count). The molecule has 0 atom stereocenters. The minimum Gasteiger partial charge on any atom is -0.491 e. The number of carbonyl (C=O) groups excluding carboxylic acids is 1. The first kappa shape index (κ1) is 20.5. The van der Waals surface area contributed by atoms with Gasteiger partial charge in [-0.25, -0.2) is 15.0 Å². The number of nitrogens with two attached hydrogens (primary N) is 1. The molecule has 3 N–H and O–H groups in total. The highest BCUT2D eigenvalue weighted by Gasteiger charge is 2.19. The van der Waals surface area contributed by atoms with Crippen LogP contribution >= 0.6 is 0 Å². The summed E-state index contributed by atoms with van der Waals surface area (Å²) in [5.74, 6) is 0.0883. The molecule has 0 aliphatic carbocycles. The first-order valence-corrected chi connectivity index (χ1v) is 9.00. The molecule has 11 nitrogen and oxygen atoms in total. The van der Waals surface area contributed by atoms with Crippen LogP contribution in [0.4, 0.5) is 11.9 Å². The van der Waals surface area contributed by atoms with Crippen molar-refractivity contribution in [3.63, 3.8) is 0 Å². The Bertz CT molecular complexity index is 1180. The average Bonchev–Trinajstić information content (AvgIpc) is 2.74. The second-order valence-electron chi connectivity index (χ2n) is 6.02. The zero-order chi connectivity index (χ0) is 21.7. The van der Waals surface area contributed by atoms with Crippen molar-refractivity contribution in [2.75, 3.05) is 24.8 Å². The molecule has 1 amide bonds. The first-order chi connectivity index (χ1) is 14.5. The molecule has 2 heterocycles. The Labute approximate surface area is 171 Å². The highest BCUT2D eigenvalue weighted by atomic mass is 16.5. The number of nitrogens with zero attached hydrogens (tertiary/aromatic N) is 5. The summed E-state index contributed by atoms with van der Waals surface area (Å²) in [6.45, 7) is 2.19. The van der Waals surface area contributed by atoms with Gasteiger partial charge < -0.3 is 15.2 Å². The number of nitrogens with one attached hydrogen (secondary N) is 1. The molecule has 0 unspecified atom stereocenters. The van der Waals surface area contributed by atoms with Gasteiger partial charge in [0.15, 0.2) is 11.5 Å². The highest BCUT2D eigenvalue weighted by molar-refractivity contribution is 6.03. The highest BCUT2D eigenvalue weighted by Crippen LogP contribution is 2.34. The smallest absolute Gasteiger partial charge is 0.262 e. The number of benzene rings is 1. The van der Waals surface area contributed by atoms with Crippen molar-refractivity contribution in [3.05, 3.63) is 40.4 Å². The number of hydrogen-bond acceptors (Lipinski definition) is 9. The lowest BCUT2D eigenvalue weighted by Gasteiger charge is -2.16. The van der Waals surface area contributed by atoms with Crippen LogP contribution in [-0.4, -0.2) is 39.1 Å². The fraction of sp³-hybridized carbons (Fsp3) is 0.263. The summed E-state index contributed by atoms with van der Waals surface area (Å²) < 4.78 is 12.3. The molecule has 0 saturated heterocycles. The molecule has 0 saturated carbocycles. The monoisotopic (exact) mass is 409 g/mol. The molecule has 0 aliphatic heterocycles. The van der Waals surface area contributed by atoms with E-state index < -0.39 is 5.91 Å². The Hall–Kier alpha value is -4.20. The van der Waals surface area contributed by atoms with Gasteiger partial charge in [0.1, 0.15) is 12.1 Å². The van der Waals surface area contributed by atoms with Gasteiger partial charge in [-0.2, -0.15) is 5.26 Å². The number of nitriles is 1. The summed E-state index contributed by atoms with van der Waals surface area (Å²) in [5.41, 5.74) is 5.47. The molecule has 0 bridgehead atoms. The molecule has 2 aromatic heterocycles. The van der Waals surface area contributed by atoms with Crippen molar-refractivity contribution in [1.29, 1.82) is 5.26 Å². The lowest BCUT2D eigenvalue weighted by molar-refractivity contribution is 0.102. The van der Waals surface area contributed by atoms with Crippen molar-refractivity contribution in [2.24, 2.45) is 0 Å². The SMILES string of the molecule is CCn1c(NC(=O)c2cnc(N)nc2)nc2c(OC)c(OCCC#N)ccc2c1=O. The molecular formula is C19H19N7O4. The molecule has 3 aromatic rings. The molecule has 0 aliphatic rings. The fourth-order valence-electron chi connectivity index (χ4n) is 2.78. The summed E-state index contributed by atoms with van der Waals surface area (Å²) in [4.78, 5) is 37.5. The lowest BCUT2D eigenvalue weighted by atomic mass is 10.2. The number of ether oxygens (including phenoxy) is 2. The maximum atomic E-state index is 13.0. The van der Waals surface area contributed by atoms with Gasteiger partial charge in [0.05, 0.1) is 30.5 Å². The van der Waals surface area contributed by atoms with E-state index >= 15 is 0 Å². The topological polar surface area (TPSA) is 158 Å². The Morgan fingerprint density at radius 1 is 1.33 bits per heavy atom. The summed E-state index contributed by atoms with van der Waals surface area (Å²) in [6, 6.07) is 5.14. The van der Waals surface area contributed by atoms with Crippen LogP contribution < -0.4 is 26.1 Å². The number of aromatic nitrogens is 4. The maximum Gasteiger partial charge on any atom is 0.262 e. The van der Waals surface area contributed by atoms with Gasteiger partial charge in [0.2, 0.25) is 11.9 Å². The first-order valence-electron chi connectivity index (χ1n) is 9.00. The van der Waals surface area contributed by atoms with Crippen molar-refractivity contribution < 1.29 is 14.3 Å². The third-order valence-corrected chi connectivity index (χ3v) is 4.20. The molecular weight excluding hydrogens is 390 g/mol. The Balaban J connectivity index is 2.08. The van der Waals surface area contributed by atoms with E-state index in [-0.39, 0.29) is 53.9 Å². The van der Waals surface area contributed by atoms with Crippen LogP contribution in [0.25, 0.3) is 10.9 Å². The van der Waals surface area contributed by atoms with Crippen LogP contribution in [0.2, 0.25) is 0 Å². The second-order valence-corrected chi connectivity index (χ2v) is 6.02. The van der Waals surface area contributed by atoms with Crippen molar-refractivity contribution in [1.82, 2.24) is 19.5 Å². The third-order valence-electron chi connectivity index (χ3n) is 4.20. The molecule has 11 heteroatoms. The summed E-state index contributed by atoms with van der Waals surface area (Å²) in [5, 5.41) is 11.6. The number of amides is 1. The van der Waals surface area contributed by atoms with E-state index in [9.17, 15) is 9.59 Å². The van der Waals surface area contributed by atoms with E-state index in [2.05, 4.69) is 20.3 Å². The zero-order valence-electron chi connectivity index (χ0n) is 16.4. The third kappa shape index (κ3) is 3.97. The average molecular weight is 409 g/mol. The van der Waals surface area contributed by atoms with E-state index in [1.807, 2.05) is 6.07 Å². The van der Waals surface area contributed by atoms with Gasteiger partial charge in [-0.15, -0.1) is 0 Å². The number of fused-ring (bicyclic) bond motifs is 1. The summed E-state index contributed by atoms with van der Waals surface area (Å²) in [6.07, 6.45) is 2.74. The molecule has 30 heavy (non-hydrogen) atoms. The minimum atomic E-state index is -0.552. The molecule has 154 valence electrons. The van der Waals surface area contributed by atoms with Crippen LogP contribution in [0.3, 0.4) is 0 Å². The van der Waals surface area contributed by atoms with Crippen LogP contribution in [0.5, 0.6) is 11.5 Å². The second kappa shape index (κ2) is 8.87. The van der Waals surface area contributed by atoms with Gasteiger partial charge in [-0.3, -0.25) is 19.5 Å².